The smallest absolute Gasteiger partial charge is 0.418 e. The van der Waals surface area contributed by atoms with Gasteiger partial charge in [-0.15, -0.1) is 10.2 Å². The Bertz CT molecular complexity index is 1230. The molecule has 2 aromatic carbocycles. The summed E-state index contributed by atoms with van der Waals surface area (Å²) in [5, 5.41) is 10.5. The predicted molar refractivity (Wildman–Crippen MR) is 124 cm³/mol. The van der Waals surface area contributed by atoms with Gasteiger partial charge in [0.25, 0.3) is 5.91 Å². The van der Waals surface area contributed by atoms with Crippen LogP contribution in [0.3, 0.4) is 0 Å². The van der Waals surface area contributed by atoms with Crippen molar-refractivity contribution in [3.05, 3.63) is 71.8 Å². The summed E-state index contributed by atoms with van der Waals surface area (Å²) in [6, 6.07) is 14.6. The van der Waals surface area contributed by atoms with Crippen LogP contribution in [0.15, 0.2) is 60.7 Å². The highest BCUT2D eigenvalue weighted by atomic mass is 19.4. The van der Waals surface area contributed by atoms with Gasteiger partial charge in [-0.25, -0.2) is 4.79 Å². The van der Waals surface area contributed by atoms with Gasteiger partial charge < -0.3 is 19.3 Å². The first-order chi connectivity index (χ1) is 17.2. The van der Waals surface area contributed by atoms with Crippen molar-refractivity contribution in [2.45, 2.75) is 6.18 Å². The van der Waals surface area contributed by atoms with Gasteiger partial charge in [0, 0.05) is 44.0 Å². The second-order valence-corrected chi connectivity index (χ2v) is 7.80. The standard InChI is InChI=1S/C24H22F3N5O4/c1-35-17-6-4-5-16(15-17)28-23(34)36-21-10-9-20(29-30-21)31-11-13-32(14-12-31)22(33)18-7-2-3-8-19(18)24(25,26)27/h2-10,15H,11-14H2,1H3,(H,28,34). The largest absolute Gasteiger partial charge is 0.497 e. The number of halogens is 3. The van der Waals surface area contributed by atoms with Crippen LogP contribution < -0.4 is 19.7 Å². The third-order valence-corrected chi connectivity index (χ3v) is 5.49. The number of nitrogens with zero attached hydrogens (tertiary/aromatic N) is 4. The molecule has 4 rings (SSSR count). The number of benzene rings is 2. The lowest BCUT2D eigenvalue weighted by Gasteiger charge is -2.35. The number of carbonyl (C=O) groups is 2. The van der Waals surface area contributed by atoms with E-state index in [0.717, 1.165) is 6.07 Å². The van der Waals surface area contributed by atoms with Crippen molar-refractivity contribution in [1.82, 2.24) is 15.1 Å². The Labute approximate surface area is 204 Å². The minimum Gasteiger partial charge on any atom is -0.497 e. The van der Waals surface area contributed by atoms with E-state index < -0.39 is 23.7 Å². The topological polar surface area (TPSA) is 96.9 Å². The highest BCUT2D eigenvalue weighted by Crippen LogP contribution is 2.32. The van der Waals surface area contributed by atoms with Crippen molar-refractivity contribution in [2.75, 3.05) is 43.5 Å². The Morgan fingerprint density at radius 3 is 2.36 bits per heavy atom. The molecule has 0 radical (unpaired) electrons. The number of rotatable bonds is 5. The van der Waals surface area contributed by atoms with Gasteiger partial charge in [0.2, 0.25) is 5.88 Å². The second kappa shape index (κ2) is 10.5. The van der Waals surface area contributed by atoms with Crippen LogP contribution in [0.1, 0.15) is 15.9 Å². The molecule has 1 aliphatic heterocycles. The first kappa shape index (κ1) is 24.8. The third kappa shape index (κ3) is 5.82. The molecule has 188 valence electrons. The molecule has 2 amide bonds. The summed E-state index contributed by atoms with van der Waals surface area (Å²) < 4.78 is 50.1. The van der Waals surface area contributed by atoms with Crippen LogP contribution in [-0.2, 0) is 6.18 Å². The van der Waals surface area contributed by atoms with Crippen LogP contribution in [-0.4, -0.2) is 60.4 Å². The molecular formula is C24H22F3N5O4. The number of amides is 2. The number of piperazine rings is 1. The van der Waals surface area contributed by atoms with Gasteiger partial charge in [-0.3, -0.25) is 10.1 Å². The minimum absolute atomic E-state index is 0.0169. The molecule has 0 spiro atoms. The Kier molecular flexibility index (Phi) is 7.23. The summed E-state index contributed by atoms with van der Waals surface area (Å²) in [6.45, 7) is 1.14. The minimum atomic E-state index is -4.61. The maximum atomic E-state index is 13.3. The average Bonchev–Trinajstić information content (AvgIpc) is 2.88. The maximum Gasteiger partial charge on any atom is 0.418 e. The highest BCUT2D eigenvalue weighted by molar-refractivity contribution is 5.96. The molecule has 1 saturated heterocycles. The van der Waals surface area contributed by atoms with Crippen LogP contribution in [0.25, 0.3) is 0 Å². The molecule has 0 saturated carbocycles. The van der Waals surface area contributed by atoms with E-state index in [4.69, 9.17) is 9.47 Å². The molecule has 0 atom stereocenters. The van der Waals surface area contributed by atoms with E-state index in [1.54, 1.807) is 30.3 Å². The zero-order chi connectivity index (χ0) is 25.7. The summed E-state index contributed by atoms with van der Waals surface area (Å²) in [6.07, 6.45) is -5.37. The molecule has 0 unspecified atom stereocenters. The summed E-state index contributed by atoms with van der Waals surface area (Å²) in [4.78, 5) is 28.1. The van der Waals surface area contributed by atoms with E-state index in [1.807, 2.05) is 4.90 Å². The number of carbonyl (C=O) groups excluding carboxylic acids is 2. The van der Waals surface area contributed by atoms with Crippen LogP contribution >= 0.6 is 0 Å². The van der Waals surface area contributed by atoms with E-state index >= 15 is 0 Å². The Balaban J connectivity index is 1.32. The fourth-order valence-corrected chi connectivity index (χ4v) is 3.70. The first-order valence-electron chi connectivity index (χ1n) is 10.9. The SMILES string of the molecule is COc1cccc(NC(=O)Oc2ccc(N3CCN(C(=O)c4ccccc4C(F)(F)F)CC3)nn2)c1. The first-order valence-corrected chi connectivity index (χ1v) is 10.9. The normalized spacial score (nSPS) is 13.8. The predicted octanol–water partition coefficient (Wildman–Crippen LogP) is 4.08. The van der Waals surface area contributed by atoms with Crippen LogP contribution in [0.4, 0.5) is 29.5 Å². The van der Waals surface area contributed by atoms with Crippen molar-refractivity contribution >= 4 is 23.5 Å². The number of nitrogens with one attached hydrogen (secondary N) is 1. The van der Waals surface area contributed by atoms with Gasteiger partial charge in [0.15, 0.2) is 5.82 Å². The second-order valence-electron chi connectivity index (χ2n) is 7.80. The lowest BCUT2D eigenvalue weighted by Crippen LogP contribution is -2.49. The number of hydrogen-bond acceptors (Lipinski definition) is 7. The van der Waals surface area contributed by atoms with Gasteiger partial charge in [0.1, 0.15) is 5.75 Å². The number of ether oxygens (including phenoxy) is 2. The monoisotopic (exact) mass is 501 g/mol. The molecule has 0 bridgehead atoms. The van der Waals surface area contributed by atoms with E-state index in [0.29, 0.717) is 30.3 Å². The number of aromatic nitrogens is 2. The van der Waals surface area contributed by atoms with Crippen LogP contribution in [0.2, 0.25) is 0 Å². The van der Waals surface area contributed by atoms with Crippen LogP contribution in [0, 0.1) is 0 Å². The van der Waals surface area contributed by atoms with Gasteiger partial charge in [-0.1, -0.05) is 18.2 Å². The maximum absolute atomic E-state index is 13.3. The quantitative estimate of drug-likeness (QED) is 0.563. The lowest BCUT2D eigenvalue weighted by atomic mass is 10.1. The molecule has 3 aromatic rings. The Hall–Kier alpha value is -4.35. The summed E-state index contributed by atoms with van der Waals surface area (Å²) in [7, 11) is 1.51. The summed E-state index contributed by atoms with van der Waals surface area (Å²) in [5.74, 6) is 0.373. The zero-order valence-corrected chi connectivity index (χ0v) is 19.2. The molecular weight excluding hydrogens is 479 g/mol. The number of hydrogen-bond donors (Lipinski definition) is 1. The Morgan fingerprint density at radius 2 is 1.69 bits per heavy atom. The molecule has 12 heteroatoms. The van der Waals surface area contributed by atoms with E-state index in [9.17, 15) is 22.8 Å². The molecule has 1 fully saturated rings. The summed E-state index contributed by atoms with van der Waals surface area (Å²) >= 11 is 0. The van der Waals surface area contributed by atoms with Gasteiger partial charge in [-0.05, 0) is 30.3 Å². The van der Waals surface area contributed by atoms with E-state index in [-0.39, 0.29) is 24.5 Å². The molecule has 1 aromatic heterocycles. The summed E-state index contributed by atoms with van der Waals surface area (Å²) in [5.41, 5.74) is -0.838. The van der Waals surface area contributed by atoms with E-state index in [1.165, 1.54) is 36.3 Å². The molecule has 36 heavy (non-hydrogen) atoms. The molecule has 2 heterocycles. The van der Waals surface area contributed by atoms with Crippen molar-refractivity contribution in [3.8, 4) is 11.6 Å². The van der Waals surface area contributed by atoms with Crippen molar-refractivity contribution in [1.29, 1.82) is 0 Å². The fourth-order valence-electron chi connectivity index (χ4n) is 3.70. The van der Waals surface area contributed by atoms with Crippen molar-refractivity contribution in [2.24, 2.45) is 0 Å². The zero-order valence-electron chi connectivity index (χ0n) is 19.2. The molecule has 9 nitrogen and oxygen atoms in total. The molecule has 1 aliphatic rings. The van der Waals surface area contributed by atoms with Gasteiger partial charge in [-0.2, -0.15) is 13.2 Å². The number of anilines is 2. The average molecular weight is 501 g/mol. The van der Waals surface area contributed by atoms with Gasteiger partial charge in [0.05, 0.1) is 18.2 Å². The highest BCUT2D eigenvalue weighted by Gasteiger charge is 2.36. The molecule has 0 aliphatic carbocycles. The Morgan fingerprint density at radius 1 is 0.944 bits per heavy atom. The van der Waals surface area contributed by atoms with Gasteiger partial charge >= 0.3 is 12.3 Å². The molecule has 1 N–H and O–H groups in total. The van der Waals surface area contributed by atoms with E-state index in [2.05, 4.69) is 15.5 Å². The van der Waals surface area contributed by atoms with Crippen molar-refractivity contribution < 1.29 is 32.2 Å². The lowest BCUT2D eigenvalue weighted by molar-refractivity contribution is -0.138. The third-order valence-electron chi connectivity index (χ3n) is 5.49. The number of methoxy groups -OCH3 is 1. The van der Waals surface area contributed by atoms with Crippen molar-refractivity contribution in [3.63, 3.8) is 0 Å². The number of alkyl halides is 3. The van der Waals surface area contributed by atoms with Crippen LogP contribution in [0.5, 0.6) is 11.6 Å². The fraction of sp³-hybridized carbons (Fsp3) is 0.250.